The fraction of sp³-hybridized carbons (Fsp3) is 0.885. The average molecular weight is 1010 g/mol. The van der Waals surface area contributed by atoms with Gasteiger partial charge in [0.05, 0.1) is 39.9 Å². The van der Waals surface area contributed by atoms with Gasteiger partial charge < -0.3 is 28.8 Å². The first-order chi connectivity index (χ1) is 34.0. The highest BCUT2D eigenvalue weighted by Gasteiger charge is 2.23. The number of nitrogens with zero attached hydrogens (tertiary/aromatic N) is 1. The molecule has 8 nitrogen and oxygen atoms in total. The Morgan fingerprint density at radius 1 is 0.500 bits per heavy atom. The molecule has 0 rings (SSSR count). The van der Waals surface area contributed by atoms with Crippen molar-refractivity contribution in [3.05, 3.63) is 36.5 Å². The molecule has 0 radical (unpaired) electrons. The van der Waals surface area contributed by atoms with Crippen LogP contribution in [0.1, 0.15) is 296 Å². The average Bonchev–Trinajstić information content (AvgIpc) is 3.32. The van der Waals surface area contributed by atoms with Crippen molar-refractivity contribution in [2.75, 3.05) is 40.9 Å². The lowest BCUT2D eigenvalue weighted by Crippen LogP contribution is -2.45. The predicted octanol–water partition coefficient (Wildman–Crippen LogP) is 17.9. The number of unbranched alkanes of at least 4 members (excludes halogenated alkanes) is 39. The van der Waals surface area contributed by atoms with Gasteiger partial charge in [-0.3, -0.25) is 9.36 Å². The fourth-order valence-corrected chi connectivity index (χ4v) is 9.79. The largest absolute Gasteiger partial charge is 0.756 e. The molecule has 0 spiro atoms. The highest BCUT2D eigenvalue weighted by molar-refractivity contribution is 7.45. The second kappa shape index (κ2) is 52.6. The van der Waals surface area contributed by atoms with Crippen LogP contribution in [0.25, 0.3) is 0 Å². The van der Waals surface area contributed by atoms with Crippen LogP contribution in [0.3, 0.4) is 0 Å². The van der Waals surface area contributed by atoms with Gasteiger partial charge in [-0.05, 0) is 51.4 Å². The molecule has 1 amide bonds. The van der Waals surface area contributed by atoms with Crippen LogP contribution >= 0.6 is 7.82 Å². The minimum atomic E-state index is -4.60. The van der Waals surface area contributed by atoms with Gasteiger partial charge >= 0.3 is 0 Å². The van der Waals surface area contributed by atoms with Crippen molar-refractivity contribution in [2.24, 2.45) is 0 Å². The van der Waals surface area contributed by atoms with Gasteiger partial charge in [0.2, 0.25) is 5.91 Å². The van der Waals surface area contributed by atoms with E-state index in [2.05, 4.69) is 43.5 Å². The topological polar surface area (TPSA) is 108 Å². The molecular weight excluding hydrogens is 888 g/mol. The Hall–Kier alpha value is -1.28. The highest BCUT2D eigenvalue weighted by Crippen LogP contribution is 2.38. The number of carbonyl (C=O) groups is 1. The van der Waals surface area contributed by atoms with Crippen LogP contribution in [0, 0.1) is 0 Å². The van der Waals surface area contributed by atoms with Gasteiger partial charge in [0, 0.05) is 6.42 Å². The first kappa shape index (κ1) is 68.7. The zero-order chi connectivity index (χ0) is 51.3. The zero-order valence-corrected chi connectivity index (χ0v) is 48.1. The van der Waals surface area contributed by atoms with Gasteiger partial charge in [-0.25, -0.2) is 0 Å². The summed E-state index contributed by atoms with van der Waals surface area (Å²) in [5, 5.41) is 13.9. The molecule has 2 N–H and O–H groups in total. The highest BCUT2D eigenvalue weighted by atomic mass is 31.2. The number of amides is 1. The molecule has 0 aliphatic heterocycles. The molecule has 0 aromatic rings. The van der Waals surface area contributed by atoms with Crippen LogP contribution in [-0.4, -0.2) is 68.5 Å². The minimum Gasteiger partial charge on any atom is -0.756 e. The number of hydrogen-bond acceptors (Lipinski definition) is 6. The molecule has 3 atom stereocenters. The molecule has 9 heteroatoms. The molecule has 0 aromatic heterocycles. The van der Waals surface area contributed by atoms with Crippen LogP contribution in [0.15, 0.2) is 36.5 Å². The number of rotatable bonds is 56. The van der Waals surface area contributed by atoms with Crippen molar-refractivity contribution < 1.29 is 32.9 Å². The number of hydrogen-bond donors (Lipinski definition) is 2. The molecule has 0 aromatic carbocycles. The van der Waals surface area contributed by atoms with E-state index < -0.39 is 20.0 Å². The molecule has 70 heavy (non-hydrogen) atoms. The number of likely N-dealkylation sites (N-methyl/N-ethyl adjacent to an activating group) is 1. The van der Waals surface area contributed by atoms with E-state index in [-0.39, 0.29) is 19.1 Å². The lowest BCUT2D eigenvalue weighted by Gasteiger charge is -2.29. The number of phosphoric acid groups is 1. The number of aliphatic hydroxyl groups excluding tert-OH is 1. The van der Waals surface area contributed by atoms with Crippen LogP contribution in [0.4, 0.5) is 0 Å². The summed E-state index contributed by atoms with van der Waals surface area (Å²) < 4.78 is 23.4. The van der Waals surface area contributed by atoms with Gasteiger partial charge in [-0.15, -0.1) is 0 Å². The normalized spacial score (nSPS) is 14.1. The van der Waals surface area contributed by atoms with Crippen LogP contribution in [0.5, 0.6) is 0 Å². The Morgan fingerprint density at radius 2 is 0.829 bits per heavy atom. The maximum atomic E-state index is 12.9. The van der Waals surface area contributed by atoms with Crippen molar-refractivity contribution in [3.8, 4) is 0 Å². The Morgan fingerprint density at radius 3 is 1.21 bits per heavy atom. The molecule has 414 valence electrons. The second-order valence-corrected chi connectivity index (χ2v) is 23.5. The fourth-order valence-electron chi connectivity index (χ4n) is 9.07. The third-order valence-corrected chi connectivity index (χ3v) is 14.8. The molecule has 0 aliphatic carbocycles. The van der Waals surface area contributed by atoms with Crippen molar-refractivity contribution in [3.63, 3.8) is 0 Å². The Bertz CT molecular complexity index is 1230. The van der Waals surface area contributed by atoms with E-state index >= 15 is 0 Å². The molecule has 0 heterocycles. The van der Waals surface area contributed by atoms with Crippen LogP contribution < -0.4 is 10.2 Å². The van der Waals surface area contributed by atoms with Gasteiger partial charge in [0.25, 0.3) is 7.82 Å². The van der Waals surface area contributed by atoms with E-state index in [0.29, 0.717) is 17.4 Å². The third-order valence-electron chi connectivity index (χ3n) is 13.8. The van der Waals surface area contributed by atoms with Crippen LogP contribution in [-0.2, 0) is 18.4 Å². The minimum absolute atomic E-state index is 0.00236. The molecule has 0 aliphatic rings. The summed E-state index contributed by atoms with van der Waals surface area (Å²) in [5.41, 5.74) is 0. The smallest absolute Gasteiger partial charge is 0.268 e. The summed E-state index contributed by atoms with van der Waals surface area (Å²) in [6, 6.07) is -0.891. The molecule has 0 saturated carbocycles. The van der Waals surface area contributed by atoms with Crippen molar-refractivity contribution in [2.45, 2.75) is 309 Å². The molecular formula is C61H119N2O6P. The maximum Gasteiger partial charge on any atom is 0.268 e. The number of allylic oxidation sites excluding steroid dienone is 5. The van der Waals surface area contributed by atoms with E-state index in [1.54, 1.807) is 6.08 Å². The first-order valence-corrected chi connectivity index (χ1v) is 31.8. The number of quaternary nitrogens is 1. The quantitative estimate of drug-likeness (QED) is 0.0272. The Kier molecular flexibility index (Phi) is 51.6. The molecule has 0 bridgehead atoms. The number of phosphoric ester groups is 1. The van der Waals surface area contributed by atoms with Gasteiger partial charge in [0.15, 0.2) is 0 Å². The lowest BCUT2D eigenvalue weighted by molar-refractivity contribution is -0.870. The number of nitrogens with one attached hydrogen (secondary N) is 1. The second-order valence-electron chi connectivity index (χ2n) is 22.1. The molecule has 0 fully saturated rings. The maximum absolute atomic E-state index is 12.9. The van der Waals surface area contributed by atoms with Gasteiger partial charge in [0.1, 0.15) is 13.2 Å². The Balaban J connectivity index is 4.10. The number of aliphatic hydroxyl groups is 1. The summed E-state index contributed by atoms with van der Waals surface area (Å²) in [6.07, 6.45) is 68.1. The SMILES string of the molecule is CCCCC/C=C\C/C=C\CCCCCCCCCC(=O)NC(COP(=O)([O-])OCC[N+](C)(C)C)C(O)/C=C/CCCCCCCCCCCCCCCCCCCCCCCCCCCCCCC. The molecule has 3 unspecified atom stereocenters. The van der Waals surface area contributed by atoms with Gasteiger partial charge in [-0.2, -0.15) is 0 Å². The Labute approximate surface area is 436 Å². The summed E-state index contributed by atoms with van der Waals surface area (Å²) in [5.74, 6) is -0.203. The van der Waals surface area contributed by atoms with E-state index in [4.69, 9.17) is 9.05 Å². The summed E-state index contributed by atoms with van der Waals surface area (Å²) in [4.78, 5) is 25.5. The summed E-state index contributed by atoms with van der Waals surface area (Å²) in [7, 11) is 1.26. The predicted molar refractivity (Wildman–Crippen MR) is 302 cm³/mol. The summed E-state index contributed by atoms with van der Waals surface area (Å²) in [6.45, 7) is 4.65. The standard InChI is InChI=1S/C61H119N2O6P/c1-6-8-10-12-14-16-18-20-22-24-25-26-27-28-29-30-31-32-33-34-35-36-37-39-40-42-44-46-48-50-52-54-60(64)59(58-69-70(66,67)68-57-56-63(3,4)5)62-61(65)55-53-51-49-47-45-43-41-38-23-21-19-17-15-13-11-9-7-2/h15,17,21,23,52,54,59-60,64H,6-14,16,18-20,22,24-51,53,55-58H2,1-5H3,(H-,62,65,66,67)/b17-15-,23-21-,54-52+. The van der Waals surface area contributed by atoms with E-state index in [0.717, 1.165) is 51.4 Å². The van der Waals surface area contributed by atoms with Crippen molar-refractivity contribution >= 4 is 13.7 Å². The van der Waals surface area contributed by atoms with E-state index in [1.807, 2.05) is 27.2 Å². The third kappa shape index (κ3) is 54.5. The number of carbonyl (C=O) groups excluding carboxylic acids is 1. The van der Waals surface area contributed by atoms with E-state index in [9.17, 15) is 19.4 Å². The zero-order valence-electron chi connectivity index (χ0n) is 47.2. The molecule has 0 saturated heterocycles. The monoisotopic (exact) mass is 1010 g/mol. The van der Waals surface area contributed by atoms with Crippen molar-refractivity contribution in [1.29, 1.82) is 0 Å². The van der Waals surface area contributed by atoms with Gasteiger partial charge in [-0.1, -0.05) is 275 Å². The van der Waals surface area contributed by atoms with Crippen LogP contribution in [0.2, 0.25) is 0 Å². The van der Waals surface area contributed by atoms with Crippen molar-refractivity contribution in [1.82, 2.24) is 5.32 Å². The first-order valence-electron chi connectivity index (χ1n) is 30.4. The van der Waals surface area contributed by atoms with E-state index in [1.165, 1.54) is 225 Å². The summed E-state index contributed by atoms with van der Waals surface area (Å²) >= 11 is 0. The lowest BCUT2D eigenvalue weighted by atomic mass is 10.0.